The number of urea groups is 1. The first-order valence-corrected chi connectivity index (χ1v) is 8.11. The molecule has 3 rings (SSSR count). The molecule has 0 unspecified atom stereocenters. The van der Waals surface area contributed by atoms with Gasteiger partial charge in [0.25, 0.3) is 0 Å². The highest BCUT2D eigenvalue weighted by molar-refractivity contribution is 6.29. The lowest BCUT2D eigenvalue weighted by Crippen LogP contribution is -2.23. The van der Waals surface area contributed by atoms with E-state index in [0.717, 1.165) is 0 Å². The number of amides is 2. The lowest BCUT2D eigenvalue weighted by atomic mass is 10.2. The summed E-state index contributed by atoms with van der Waals surface area (Å²) in [5, 5.41) is 15.7. The van der Waals surface area contributed by atoms with Crippen molar-refractivity contribution < 1.29 is 22.7 Å². The molecule has 0 spiro atoms. The highest BCUT2D eigenvalue weighted by Crippen LogP contribution is 2.29. The summed E-state index contributed by atoms with van der Waals surface area (Å²) in [6.45, 7) is 1.71. The molecule has 3 aromatic rings. The van der Waals surface area contributed by atoms with Gasteiger partial charge in [0.1, 0.15) is 0 Å². The number of methoxy groups -OCH3 is 1. The number of aromatic nitrogens is 5. The molecule has 0 saturated carbocycles. The lowest BCUT2D eigenvalue weighted by Gasteiger charge is -2.17. The molecule has 0 aromatic carbocycles. The Balaban J connectivity index is 1.87. The minimum atomic E-state index is -4.61. The van der Waals surface area contributed by atoms with Crippen LogP contribution in [0.2, 0.25) is 5.15 Å². The first-order chi connectivity index (χ1) is 13.2. The molecule has 148 valence electrons. The van der Waals surface area contributed by atoms with Crippen molar-refractivity contribution >= 4 is 34.8 Å². The number of fused-ring (bicyclic) bond motifs is 1. The van der Waals surface area contributed by atoms with E-state index in [1.165, 1.54) is 23.9 Å². The molecule has 3 aromatic heterocycles. The number of anilines is 2. The van der Waals surface area contributed by atoms with Crippen molar-refractivity contribution in [1.29, 1.82) is 0 Å². The SMILES string of the molecule is CO[C@@H](C)c1c(NC(=O)Nc2cc(C(F)(F)F)cnn2)cnc2cc(Cl)nn12. The van der Waals surface area contributed by atoms with Crippen LogP contribution in [0.1, 0.15) is 24.3 Å². The minimum absolute atomic E-state index is 0.192. The molecule has 0 aliphatic carbocycles. The van der Waals surface area contributed by atoms with Gasteiger partial charge in [-0.1, -0.05) is 11.6 Å². The third-order valence-electron chi connectivity index (χ3n) is 3.70. The van der Waals surface area contributed by atoms with E-state index in [-0.39, 0.29) is 16.7 Å². The number of nitrogens with one attached hydrogen (secondary N) is 2. The van der Waals surface area contributed by atoms with Crippen LogP contribution in [0, 0.1) is 0 Å². The zero-order valence-corrected chi connectivity index (χ0v) is 15.2. The van der Waals surface area contributed by atoms with Crippen molar-refractivity contribution in [1.82, 2.24) is 24.8 Å². The van der Waals surface area contributed by atoms with Gasteiger partial charge in [0, 0.05) is 13.2 Å². The van der Waals surface area contributed by atoms with Gasteiger partial charge < -0.3 is 10.1 Å². The Bertz CT molecular complexity index is 1020. The Hall–Kier alpha value is -2.99. The number of alkyl halides is 3. The second-order valence-corrected chi connectivity index (χ2v) is 5.97. The maximum Gasteiger partial charge on any atom is 0.418 e. The van der Waals surface area contributed by atoms with Crippen LogP contribution in [0.4, 0.5) is 29.5 Å². The van der Waals surface area contributed by atoms with Gasteiger partial charge in [-0.15, -0.1) is 5.10 Å². The number of ether oxygens (including phenoxy) is 1. The van der Waals surface area contributed by atoms with Crippen LogP contribution in [-0.4, -0.2) is 37.9 Å². The van der Waals surface area contributed by atoms with Crippen LogP contribution in [0.5, 0.6) is 0 Å². The number of carbonyl (C=O) groups is 1. The van der Waals surface area contributed by atoms with E-state index in [1.54, 1.807) is 6.92 Å². The van der Waals surface area contributed by atoms with Crippen molar-refractivity contribution in [3.63, 3.8) is 0 Å². The normalized spacial score (nSPS) is 12.8. The number of hydrogen-bond acceptors (Lipinski definition) is 6. The van der Waals surface area contributed by atoms with Crippen molar-refractivity contribution in [2.24, 2.45) is 0 Å². The van der Waals surface area contributed by atoms with Crippen molar-refractivity contribution in [2.45, 2.75) is 19.2 Å². The zero-order valence-electron chi connectivity index (χ0n) is 14.5. The van der Waals surface area contributed by atoms with Gasteiger partial charge in [-0.2, -0.15) is 23.4 Å². The molecule has 0 aliphatic heterocycles. The van der Waals surface area contributed by atoms with E-state index in [4.69, 9.17) is 16.3 Å². The van der Waals surface area contributed by atoms with Crippen LogP contribution in [0.25, 0.3) is 5.65 Å². The second kappa shape index (κ2) is 7.56. The van der Waals surface area contributed by atoms with Crippen LogP contribution in [0.3, 0.4) is 0 Å². The Morgan fingerprint density at radius 2 is 2.04 bits per heavy atom. The third-order valence-corrected chi connectivity index (χ3v) is 3.89. The highest BCUT2D eigenvalue weighted by Gasteiger charge is 2.31. The summed E-state index contributed by atoms with van der Waals surface area (Å²) in [4.78, 5) is 16.4. The predicted octanol–water partition coefficient (Wildman–Crippen LogP) is 3.54. The molecule has 9 nitrogen and oxygen atoms in total. The van der Waals surface area contributed by atoms with Gasteiger partial charge in [0.15, 0.2) is 16.6 Å². The minimum Gasteiger partial charge on any atom is -0.375 e. The molecule has 28 heavy (non-hydrogen) atoms. The average Bonchev–Trinajstić information content (AvgIpc) is 3.00. The lowest BCUT2D eigenvalue weighted by molar-refractivity contribution is -0.137. The molecule has 3 heterocycles. The Morgan fingerprint density at radius 1 is 1.29 bits per heavy atom. The Kier molecular flexibility index (Phi) is 5.34. The van der Waals surface area contributed by atoms with Gasteiger partial charge in [0.05, 0.1) is 35.4 Å². The van der Waals surface area contributed by atoms with E-state index in [0.29, 0.717) is 23.6 Å². The van der Waals surface area contributed by atoms with E-state index >= 15 is 0 Å². The monoisotopic (exact) mass is 415 g/mol. The average molecular weight is 416 g/mol. The fourth-order valence-electron chi connectivity index (χ4n) is 2.38. The largest absolute Gasteiger partial charge is 0.418 e. The predicted molar refractivity (Wildman–Crippen MR) is 93.1 cm³/mol. The fraction of sp³-hybridized carbons (Fsp3) is 0.267. The summed E-state index contributed by atoms with van der Waals surface area (Å²) in [6, 6.07) is 1.34. The summed E-state index contributed by atoms with van der Waals surface area (Å²) in [7, 11) is 1.46. The van der Waals surface area contributed by atoms with E-state index in [9.17, 15) is 18.0 Å². The molecular formula is C15H13ClF3N7O2. The topological polar surface area (TPSA) is 106 Å². The van der Waals surface area contributed by atoms with E-state index in [2.05, 4.69) is 30.9 Å². The van der Waals surface area contributed by atoms with Gasteiger partial charge in [-0.05, 0) is 13.0 Å². The van der Waals surface area contributed by atoms with Gasteiger partial charge in [-0.3, -0.25) is 5.32 Å². The van der Waals surface area contributed by atoms with Crippen LogP contribution in [0.15, 0.2) is 24.5 Å². The summed E-state index contributed by atoms with van der Waals surface area (Å²) in [6.07, 6.45) is -3.21. The summed E-state index contributed by atoms with van der Waals surface area (Å²) in [5.41, 5.74) is 0.0445. The molecule has 0 saturated heterocycles. The fourth-order valence-corrected chi connectivity index (χ4v) is 2.55. The maximum absolute atomic E-state index is 12.7. The molecule has 2 N–H and O–H groups in total. The van der Waals surface area contributed by atoms with Crippen LogP contribution in [-0.2, 0) is 10.9 Å². The van der Waals surface area contributed by atoms with Crippen LogP contribution >= 0.6 is 11.6 Å². The molecular weight excluding hydrogens is 403 g/mol. The molecule has 1 atom stereocenters. The third kappa shape index (κ3) is 4.12. The van der Waals surface area contributed by atoms with Gasteiger partial charge in [0.2, 0.25) is 0 Å². The van der Waals surface area contributed by atoms with Gasteiger partial charge in [-0.25, -0.2) is 14.3 Å². The van der Waals surface area contributed by atoms with Crippen molar-refractivity contribution in [2.75, 3.05) is 17.7 Å². The molecule has 0 fully saturated rings. The summed E-state index contributed by atoms with van der Waals surface area (Å²) >= 11 is 5.90. The standard InChI is InChI=1S/C15H13ClF3N7O2/c1-7(28-2)13-9(6-20-12-4-10(16)25-26(12)13)22-14(27)23-11-3-8(5-21-24-11)15(17,18)19/h3-7H,1-2H3,(H2,22,23,24,27)/t7-/m0/s1. The Labute approximate surface area is 160 Å². The number of rotatable bonds is 4. The smallest absolute Gasteiger partial charge is 0.375 e. The van der Waals surface area contributed by atoms with E-state index < -0.39 is 23.9 Å². The first kappa shape index (κ1) is 19.8. The maximum atomic E-state index is 12.7. The molecule has 0 bridgehead atoms. The number of carbonyl (C=O) groups excluding carboxylic acids is 1. The van der Waals surface area contributed by atoms with Crippen molar-refractivity contribution in [3.05, 3.63) is 40.9 Å². The quantitative estimate of drug-likeness (QED) is 0.675. The molecule has 0 aliphatic rings. The van der Waals surface area contributed by atoms with Crippen molar-refractivity contribution in [3.8, 4) is 0 Å². The molecule has 13 heteroatoms. The second-order valence-electron chi connectivity index (χ2n) is 5.58. The summed E-state index contributed by atoms with van der Waals surface area (Å²) < 4.78 is 44.9. The zero-order chi connectivity index (χ0) is 20.5. The number of halogens is 4. The number of nitrogens with zero attached hydrogens (tertiary/aromatic N) is 5. The Morgan fingerprint density at radius 3 is 2.71 bits per heavy atom. The highest BCUT2D eigenvalue weighted by atomic mass is 35.5. The molecule has 0 radical (unpaired) electrons. The first-order valence-electron chi connectivity index (χ1n) is 7.74. The number of hydrogen-bond donors (Lipinski definition) is 2. The van der Waals surface area contributed by atoms with Crippen LogP contribution < -0.4 is 10.6 Å². The van der Waals surface area contributed by atoms with Gasteiger partial charge >= 0.3 is 12.2 Å². The molecule has 2 amide bonds. The summed E-state index contributed by atoms with van der Waals surface area (Å²) in [5.74, 6) is -0.371. The van der Waals surface area contributed by atoms with E-state index in [1.807, 2.05) is 0 Å².